The van der Waals surface area contributed by atoms with Crippen molar-refractivity contribution < 1.29 is 17.9 Å². The van der Waals surface area contributed by atoms with Crippen LogP contribution in [0.15, 0.2) is 34.2 Å². The van der Waals surface area contributed by atoms with Crippen LogP contribution in [0.1, 0.15) is 10.4 Å². The van der Waals surface area contributed by atoms with Gasteiger partial charge < -0.3 is 10.1 Å². The third-order valence-electron chi connectivity index (χ3n) is 2.83. The molecule has 2 N–H and O–H groups in total. The third-order valence-corrected chi connectivity index (χ3v) is 5.20. The number of sulfonamides is 1. The molecule has 0 bridgehead atoms. The van der Waals surface area contributed by atoms with E-state index in [1.54, 1.807) is 0 Å². The molecule has 0 aromatic heterocycles. The fourth-order valence-electron chi connectivity index (χ4n) is 1.73. The second-order valence-corrected chi connectivity index (χ2v) is 7.25. The summed E-state index contributed by atoms with van der Waals surface area (Å²) in [4.78, 5) is 16.2. The Hall–Kier alpha value is -1.42. The predicted octanol–water partition coefficient (Wildman–Crippen LogP) is 0.444. The summed E-state index contributed by atoms with van der Waals surface area (Å²) < 4.78 is 31.2. The molecular formula is C13H17N3O4S2. The van der Waals surface area contributed by atoms with Crippen molar-refractivity contribution in [1.82, 2.24) is 10.0 Å². The van der Waals surface area contributed by atoms with Crippen LogP contribution in [-0.2, 0) is 14.8 Å². The number of amidine groups is 1. The van der Waals surface area contributed by atoms with Gasteiger partial charge in [0.25, 0.3) is 5.91 Å². The van der Waals surface area contributed by atoms with E-state index in [4.69, 9.17) is 4.74 Å². The first kappa shape index (κ1) is 16.9. The lowest BCUT2D eigenvalue weighted by Crippen LogP contribution is -2.28. The van der Waals surface area contributed by atoms with Crippen molar-refractivity contribution in [3.63, 3.8) is 0 Å². The van der Waals surface area contributed by atoms with E-state index in [0.29, 0.717) is 23.9 Å². The number of aliphatic imine (C=N–C) groups is 1. The van der Waals surface area contributed by atoms with Gasteiger partial charge in [0.1, 0.15) is 0 Å². The van der Waals surface area contributed by atoms with E-state index in [1.807, 2.05) is 0 Å². The van der Waals surface area contributed by atoms with Gasteiger partial charge in [-0.3, -0.25) is 9.79 Å². The molecule has 1 aromatic carbocycles. The van der Waals surface area contributed by atoms with Gasteiger partial charge in [-0.2, -0.15) is 0 Å². The molecule has 0 aliphatic carbocycles. The predicted molar refractivity (Wildman–Crippen MR) is 85.7 cm³/mol. The fraction of sp³-hybridized carbons (Fsp3) is 0.385. The number of methoxy groups -OCH3 is 1. The quantitative estimate of drug-likeness (QED) is 0.731. The highest BCUT2D eigenvalue weighted by Crippen LogP contribution is 2.12. The summed E-state index contributed by atoms with van der Waals surface area (Å²) in [5, 5.41) is 3.29. The van der Waals surface area contributed by atoms with Gasteiger partial charge in [0.15, 0.2) is 5.17 Å². The first-order valence-corrected chi connectivity index (χ1v) is 9.07. The minimum Gasteiger partial charge on any atom is -0.383 e. The highest BCUT2D eigenvalue weighted by Gasteiger charge is 2.16. The van der Waals surface area contributed by atoms with Crippen LogP contribution >= 0.6 is 11.8 Å². The van der Waals surface area contributed by atoms with Crippen LogP contribution < -0.4 is 10.0 Å². The van der Waals surface area contributed by atoms with Crippen molar-refractivity contribution in [2.45, 2.75) is 4.90 Å². The zero-order valence-electron chi connectivity index (χ0n) is 12.0. The normalized spacial score (nSPS) is 14.7. The minimum atomic E-state index is -3.59. The van der Waals surface area contributed by atoms with Crippen LogP contribution in [0.4, 0.5) is 0 Å². The zero-order valence-corrected chi connectivity index (χ0v) is 13.7. The molecule has 0 radical (unpaired) electrons. The van der Waals surface area contributed by atoms with Crippen molar-refractivity contribution in [3.05, 3.63) is 29.8 Å². The highest BCUT2D eigenvalue weighted by molar-refractivity contribution is 8.14. The van der Waals surface area contributed by atoms with Crippen LogP contribution in [0.25, 0.3) is 0 Å². The van der Waals surface area contributed by atoms with E-state index in [-0.39, 0.29) is 17.3 Å². The van der Waals surface area contributed by atoms with Crippen molar-refractivity contribution in [3.8, 4) is 0 Å². The molecule has 0 saturated heterocycles. The Morgan fingerprint density at radius 2 is 2.09 bits per heavy atom. The molecule has 1 aromatic rings. The van der Waals surface area contributed by atoms with E-state index in [1.165, 1.54) is 43.1 Å². The maximum absolute atomic E-state index is 12.0. The molecule has 0 saturated carbocycles. The molecule has 2 rings (SSSR count). The molecule has 120 valence electrons. The van der Waals surface area contributed by atoms with Gasteiger partial charge in [-0.1, -0.05) is 11.8 Å². The second-order valence-electron chi connectivity index (χ2n) is 4.40. The molecule has 0 spiro atoms. The number of nitrogens with zero attached hydrogens (tertiary/aromatic N) is 1. The first-order chi connectivity index (χ1) is 10.5. The number of amides is 1. The number of ether oxygens (including phenoxy) is 1. The van der Waals surface area contributed by atoms with Gasteiger partial charge in [-0.05, 0) is 24.3 Å². The summed E-state index contributed by atoms with van der Waals surface area (Å²) >= 11 is 1.48. The van der Waals surface area contributed by atoms with E-state index in [9.17, 15) is 13.2 Å². The van der Waals surface area contributed by atoms with Crippen LogP contribution in [0.3, 0.4) is 0 Å². The molecule has 22 heavy (non-hydrogen) atoms. The first-order valence-electron chi connectivity index (χ1n) is 6.60. The third kappa shape index (κ3) is 4.54. The molecule has 1 amide bonds. The van der Waals surface area contributed by atoms with Crippen LogP contribution in [0.5, 0.6) is 0 Å². The van der Waals surface area contributed by atoms with Gasteiger partial charge in [-0.15, -0.1) is 0 Å². The summed E-state index contributed by atoms with van der Waals surface area (Å²) in [5.41, 5.74) is 0.381. The highest BCUT2D eigenvalue weighted by atomic mass is 32.2. The van der Waals surface area contributed by atoms with Crippen molar-refractivity contribution >= 4 is 32.9 Å². The number of thioether (sulfide) groups is 1. The Bertz CT molecular complexity index is 656. The average molecular weight is 343 g/mol. The number of carbonyl (C=O) groups excluding carboxylic acids is 1. The molecule has 1 aliphatic heterocycles. The fourth-order valence-corrected chi connectivity index (χ4v) is 3.46. The molecule has 1 heterocycles. The largest absolute Gasteiger partial charge is 0.383 e. The number of benzene rings is 1. The van der Waals surface area contributed by atoms with Crippen molar-refractivity contribution in [2.75, 3.05) is 32.6 Å². The maximum atomic E-state index is 12.0. The summed E-state index contributed by atoms with van der Waals surface area (Å²) in [6.07, 6.45) is 0. The van der Waals surface area contributed by atoms with Gasteiger partial charge in [0.05, 0.1) is 18.0 Å². The van der Waals surface area contributed by atoms with Crippen LogP contribution in [0, 0.1) is 0 Å². The summed E-state index contributed by atoms with van der Waals surface area (Å²) in [7, 11) is -2.09. The lowest BCUT2D eigenvalue weighted by Gasteiger charge is -2.07. The zero-order chi connectivity index (χ0) is 16.0. The number of carbonyl (C=O) groups is 1. The monoisotopic (exact) mass is 343 g/mol. The Labute approximate surface area is 133 Å². The van der Waals surface area contributed by atoms with Crippen LogP contribution in [-0.4, -0.2) is 52.1 Å². The molecule has 7 nitrogen and oxygen atoms in total. The molecular weight excluding hydrogens is 326 g/mol. The SMILES string of the molecule is COCCNS(=O)(=O)c1ccc(C(=O)NC2=NCCS2)cc1. The van der Waals surface area contributed by atoms with Gasteiger partial charge in [0.2, 0.25) is 10.0 Å². The minimum absolute atomic E-state index is 0.104. The van der Waals surface area contributed by atoms with Gasteiger partial charge in [-0.25, -0.2) is 13.1 Å². The average Bonchev–Trinajstić information content (AvgIpc) is 3.00. The Morgan fingerprint density at radius 3 is 2.68 bits per heavy atom. The number of hydrogen-bond acceptors (Lipinski definition) is 6. The molecule has 9 heteroatoms. The van der Waals surface area contributed by atoms with Crippen molar-refractivity contribution in [1.29, 1.82) is 0 Å². The number of nitrogens with one attached hydrogen (secondary N) is 2. The molecule has 1 aliphatic rings. The Kier molecular flexibility index (Phi) is 5.95. The topological polar surface area (TPSA) is 96.9 Å². The summed E-state index contributed by atoms with van der Waals surface area (Å²) in [6, 6.07) is 5.74. The standard InChI is InChI=1S/C13H17N3O4S2/c1-20-8-6-15-22(18,19)11-4-2-10(3-5-11)12(17)16-13-14-7-9-21-13/h2-5,15H,6-9H2,1H3,(H,14,16,17). The second kappa shape index (κ2) is 7.73. The maximum Gasteiger partial charge on any atom is 0.257 e. The number of rotatable bonds is 6. The molecule has 0 atom stereocenters. The molecule has 0 unspecified atom stereocenters. The van der Waals surface area contributed by atoms with Crippen LogP contribution in [0.2, 0.25) is 0 Å². The van der Waals surface area contributed by atoms with Gasteiger partial charge >= 0.3 is 0 Å². The smallest absolute Gasteiger partial charge is 0.257 e. The Morgan fingerprint density at radius 1 is 1.36 bits per heavy atom. The van der Waals surface area contributed by atoms with Gasteiger partial charge in [0, 0.05) is 25.0 Å². The summed E-state index contributed by atoms with van der Waals surface area (Å²) in [6.45, 7) is 1.18. The van der Waals surface area contributed by atoms with E-state index in [2.05, 4.69) is 15.0 Å². The number of hydrogen-bond donors (Lipinski definition) is 2. The van der Waals surface area contributed by atoms with E-state index in [0.717, 1.165) is 5.75 Å². The lowest BCUT2D eigenvalue weighted by atomic mass is 10.2. The lowest BCUT2D eigenvalue weighted by molar-refractivity contribution is 0.0978. The summed E-state index contributed by atoms with van der Waals surface area (Å²) in [5.74, 6) is 0.560. The van der Waals surface area contributed by atoms with E-state index >= 15 is 0 Å². The van der Waals surface area contributed by atoms with E-state index < -0.39 is 10.0 Å². The van der Waals surface area contributed by atoms with Crippen molar-refractivity contribution in [2.24, 2.45) is 4.99 Å². The molecule has 0 fully saturated rings. The Balaban J connectivity index is 2.01.